The van der Waals surface area contributed by atoms with Crippen LogP contribution in [0.4, 0.5) is 13.2 Å². The molecule has 9 heavy (non-hydrogen) atoms. The van der Waals surface area contributed by atoms with E-state index in [0.717, 1.165) is 0 Å². The van der Waals surface area contributed by atoms with Crippen molar-refractivity contribution in [2.75, 3.05) is 0 Å². The summed E-state index contributed by atoms with van der Waals surface area (Å²) in [5.41, 5.74) is 0. The van der Waals surface area contributed by atoms with E-state index in [1.807, 2.05) is 0 Å². The third kappa shape index (κ3) is 49.2. The lowest BCUT2D eigenvalue weighted by Gasteiger charge is -1.84. The molecule has 0 saturated heterocycles. The van der Waals surface area contributed by atoms with Crippen molar-refractivity contribution in [3.63, 3.8) is 0 Å². The largest absolute Gasteiger partial charge is 0.483 e. The van der Waals surface area contributed by atoms with E-state index in [1.165, 1.54) is 6.92 Å². The number of hydrogen-bond acceptors (Lipinski definition) is 2. The molecule has 0 aliphatic heterocycles. The van der Waals surface area contributed by atoms with Gasteiger partial charge in [-0.2, -0.15) is 23.7 Å². The Morgan fingerprint density at radius 2 is 1.33 bits per heavy atom. The van der Waals surface area contributed by atoms with Gasteiger partial charge in [0.25, 0.3) is 0 Å². The van der Waals surface area contributed by atoms with Gasteiger partial charge in [0.2, 0.25) is 0 Å². The van der Waals surface area contributed by atoms with Crippen LogP contribution >= 0.6 is 0 Å². The third-order valence-electron chi connectivity index (χ3n) is 0.127. The highest BCUT2D eigenvalue weighted by Crippen LogP contribution is 2.10. The summed E-state index contributed by atoms with van der Waals surface area (Å²) in [5.74, 6) is 0. The molecule has 0 fully saturated rings. The monoisotopic (exact) mass is 136 g/mol. The van der Waals surface area contributed by atoms with Gasteiger partial charge in [0.15, 0.2) is 6.07 Å². The minimum Gasteiger partial charge on any atom is -0.199 e. The lowest BCUT2D eigenvalue weighted by molar-refractivity contribution is -0.0717. The Labute approximate surface area is 50.1 Å². The lowest BCUT2D eigenvalue weighted by Crippen LogP contribution is -1.99. The van der Waals surface area contributed by atoms with Crippen molar-refractivity contribution in [3.8, 4) is 12.1 Å². The van der Waals surface area contributed by atoms with Crippen LogP contribution in [0.25, 0.3) is 0 Å². The van der Waals surface area contributed by atoms with Gasteiger partial charge in [-0.3, -0.25) is 0 Å². The van der Waals surface area contributed by atoms with Gasteiger partial charge in [-0.15, -0.1) is 0 Å². The Morgan fingerprint density at radius 3 is 1.33 bits per heavy atom. The highest BCUT2D eigenvalue weighted by atomic mass is 19.4. The first-order valence-corrected chi connectivity index (χ1v) is 1.76. The smallest absolute Gasteiger partial charge is 0.199 e. The van der Waals surface area contributed by atoms with E-state index in [2.05, 4.69) is 0 Å². The Morgan fingerprint density at radius 1 is 1.22 bits per heavy atom. The van der Waals surface area contributed by atoms with Crippen molar-refractivity contribution >= 4 is 0 Å². The second kappa shape index (κ2) is 4.92. The molecule has 0 amide bonds. The second-order valence-corrected chi connectivity index (χ2v) is 0.833. The first-order valence-electron chi connectivity index (χ1n) is 1.76. The molecule has 50 valence electrons. The Balaban J connectivity index is 0. The summed E-state index contributed by atoms with van der Waals surface area (Å²) in [6, 6.07) is 1.85. The molecule has 0 aliphatic carbocycles. The van der Waals surface area contributed by atoms with Gasteiger partial charge >= 0.3 is 6.18 Å². The summed E-state index contributed by atoms with van der Waals surface area (Å²) in [5, 5.41) is 14.3. The molecule has 0 atom stereocenters. The quantitative estimate of drug-likeness (QED) is 0.507. The first kappa shape index (κ1) is 10.7. The lowest BCUT2D eigenvalue weighted by atomic mass is 10.8. The van der Waals surface area contributed by atoms with Crippen molar-refractivity contribution in [2.24, 2.45) is 0 Å². The predicted molar refractivity (Wildman–Crippen MR) is 23.0 cm³/mol. The molecule has 0 saturated carbocycles. The van der Waals surface area contributed by atoms with Crippen LogP contribution in [0.1, 0.15) is 6.92 Å². The van der Waals surface area contributed by atoms with Gasteiger partial charge < -0.3 is 0 Å². The predicted octanol–water partition coefficient (Wildman–Crippen LogP) is 1.60. The molecule has 0 spiro atoms. The third-order valence-corrected chi connectivity index (χ3v) is 0.127. The summed E-state index contributed by atoms with van der Waals surface area (Å²) in [6.07, 6.45) is -4.65. The van der Waals surface area contributed by atoms with E-state index in [-0.39, 0.29) is 6.07 Å². The molecule has 0 heterocycles. The molecule has 0 N–H and O–H groups in total. The number of hydrogen-bond donors (Lipinski definition) is 0. The van der Waals surface area contributed by atoms with Crippen LogP contribution in [0.3, 0.4) is 0 Å². The van der Waals surface area contributed by atoms with Crippen molar-refractivity contribution in [2.45, 2.75) is 13.1 Å². The fourth-order valence-electron chi connectivity index (χ4n) is 0. The van der Waals surface area contributed by atoms with Crippen LogP contribution in [-0.4, -0.2) is 6.18 Å². The molecule has 0 aliphatic rings. The molecular weight excluding hydrogens is 133 g/mol. The number of nitriles is 2. The molecule has 0 bridgehead atoms. The average molecular weight is 136 g/mol. The van der Waals surface area contributed by atoms with Crippen LogP contribution in [0.2, 0.25) is 0 Å². The average Bonchev–Trinajstić information content (AvgIpc) is 1.67. The maximum absolute atomic E-state index is 10.4. The van der Waals surface area contributed by atoms with Gasteiger partial charge in [-0.1, -0.05) is 0 Å². The fraction of sp³-hybridized carbons (Fsp3) is 0.500. The number of nitrogens with zero attached hydrogens (tertiary/aromatic N) is 2. The van der Waals surface area contributed by atoms with E-state index in [0.29, 0.717) is 0 Å². The van der Waals surface area contributed by atoms with Crippen LogP contribution in [0, 0.1) is 22.7 Å². The summed E-state index contributed by atoms with van der Waals surface area (Å²) >= 11 is 0. The summed E-state index contributed by atoms with van der Waals surface area (Å²) in [6.45, 7) is 1.43. The molecule has 2 nitrogen and oxygen atoms in total. The maximum Gasteiger partial charge on any atom is 0.483 e. The highest BCUT2D eigenvalue weighted by molar-refractivity contribution is 4.80. The number of rotatable bonds is 0. The van der Waals surface area contributed by atoms with Crippen LogP contribution in [0.15, 0.2) is 0 Å². The van der Waals surface area contributed by atoms with Crippen molar-refractivity contribution in [1.82, 2.24) is 0 Å². The SMILES string of the molecule is CC#N.N#CC(F)(F)F. The maximum atomic E-state index is 10.4. The van der Waals surface area contributed by atoms with Gasteiger partial charge in [0.05, 0.1) is 6.07 Å². The Bertz CT molecular complexity index is 135. The van der Waals surface area contributed by atoms with E-state index in [4.69, 9.17) is 10.5 Å². The van der Waals surface area contributed by atoms with Gasteiger partial charge in [-0.05, 0) is 0 Å². The summed E-state index contributed by atoms with van der Waals surface area (Å²) < 4.78 is 31.3. The first-order chi connectivity index (χ1) is 3.97. The van der Waals surface area contributed by atoms with E-state index in [9.17, 15) is 13.2 Å². The standard InChI is InChI=1S/C2F3N.C2H3N/c3-2(4,5)1-6;1-2-3/h;1H3. The minimum atomic E-state index is -4.65. The van der Waals surface area contributed by atoms with Crippen LogP contribution in [0.5, 0.6) is 0 Å². The zero-order valence-corrected chi connectivity index (χ0v) is 4.53. The molecule has 0 rings (SSSR count). The second-order valence-electron chi connectivity index (χ2n) is 0.833. The highest BCUT2D eigenvalue weighted by Gasteiger charge is 2.25. The molecular formula is C4H3F3N2. The van der Waals surface area contributed by atoms with E-state index >= 15 is 0 Å². The van der Waals surface area contributed by atoms with Crippen molar-refractivity contribution < 1.29 is 13.2 Å². The van der Waals surface area contributed by atoms with Gasteiger partial charge in [-0.25, -0.2) is 0 Å². The van der Waals surface area contributed by atoms with Crippen molar-refractivity contribution in [1.29, 1.82) is 10.5 Å². The number of alkyl halides is 3. The zero-order chi connectivity index (χ0) is 7.91. The van der Waals surface area contributed by atoms with E-state index in [1.54, 1.807) is 6.07 Å². The van der Waals surface area contributed by atoms with Gasteiger partial charge in [0, 0.05) is 6.92 Å². The molecule has 0 aromatic heterocycles. The Kier molecular flexibility index (Phi) is 5.84. The van der Waals surface area contributed by atoms with Crippen LogP contribution < -0.4 is 0 Å². The zero-order valence-electron chi connectivity index (χ0n) is 4.53. The molecule has 5 heteroatoms. The molecule has 0 radical (unpaired) electrons. The fourth-order valence-corrected chi connectivity index (χ4v) is 0. The van der Waals surface area contributed by atoms with Gasteiger partial charge in [0.1, 0.15) is 0 Å². The summed E-state index contributed by atoms with van der Waals surface area (Å²) in [7, 11) is 0. The molecule has 0 aromatic rings. The van der Waals surface area contributed by atoms with Crippen molar-refractivity contribution in [3.05, 3.63) is 0 Å². The normalized spacial score (nSPS) is 7.78. The summed E-state index contributed by atoms with van der Waals surface area (Å²) in [4.78, 5) is 0. The topological polar surface area (TPSA) is 47.6 Å². The molecule has 0 aromatic carbocycles. The van der Waals surface area contributed by atoms with E-state index < -0.39 is 6.18 Å². The number of halogens is 3. The minimum absolute atomic E-state index is 0.104. The van der Waals surface area contributed by atoms with Crippen LogP contribution in [-0.2, 0) is 0 Å². The Hall–Kier alpha value is -1.23. The molecule has 0 unspecified atom stereocenters.